The molecule has 5 nitrogen and oxygen atoms in total. The third-order valence-electron chi connectivity index (χ3n) is 3.33. The Morgan fingerprint density at radius 2 is 2.00 bits per heavy atom. The molecule has 1 aromatic rings. The van der Waals surface area contributed by atoms with E-state index in [1.54, 1.807) is 0 Å². The fourth-order valence-electron chi connectivity index (χ4n) is 1.99. The molecule has 0 spiro atoms. The van der Waals surface area contributed by atoms with Crippen molar-refractivity contribution in [3.05, 3.63) is 23.8 Å². The largest absolute Gasteiger partial charge is 0.494 e. The first-order valence-electron chi connectivity index (χ1n) is 6.17. The zero-order valence-electron chi connectivity index (χ0n) is 11.0. The molecule has 1 aromatic carbocycles. The SMILES string of the molecule is COc1cc(F)c(NC(=O)C2(N)CCOCC2)cc1F. The number of ether oxygens (including phenoxy) is 2. The summed E-state index contributed by atoms with van der Waals surface area (Å²) in [7, 11) is 1.23. The number of carbonyl (C=O) groups excluding carboxylic acids is 1. The number of nitrogens with two attached hydrogens (primary N) is 1. The maximum absolute atomic E-state index is 13.7. The summed E-state index contributed by atoms with van der Waals surface area (Å²) in [5.74, 6) is -2.33. The van der Waals surface area contributed by atoms with Crippen molar-refractivity contribution in [2.24, 2.45) is 5.73 Å². The standard InChI is InChI=1S/C13H16F2N2O3/c1-19-11-7-8(14)10(6-9(11)15)17-12(18)13(16)2-4-20-5-3-13/h6-7H,2-5,16H2,1H3,(H,17,18). The van der Waals surface area contributed by atoms with E-state index < -0.39 is 23.1 Å². The second-order valence-electron chi connectivity index (χ2n) is 4.69. The Kier molecular flexibility index (Phi) is 4.20. The highest BCUT2D eigenvalue weighted by Crippen LogP contribution is 2.26. The summed E-state index contributed by atoms with van der Waals surface area (Å²) in [5, 5.41) is 2.32. The van der Waals surface area contributed by atoms with Crippen molar-refractivity contribution in [3.63, 3.8) is 0 Å². The number of nitrogens with one attached hydrogen (secondary N) is 1. The van der Waals surface area contributed by atoms with Crippen molar-refractivity contribution < 1.29 is 23.0 Å². The van der Waals surface area contributed by atoms with Gasteiger partial charge in [-0.15, -0.1) is 0 Å². The van der Waals surface area contributed by atoms with Crippen LogP contribution >= 0.6 is 0 Å². The second kappa shape index (κ2) is 5.72. The predicted molar refractivity (Wildman–Crippen MR) is 68.5 cm³/mol. The molecule has 0 unspecified atom stereocenters. The molecular formula is C13H16F2N2O3. The summed E-state index contributed by atoms with van der Waals surface area (Å²) < 4.78 is 37.0. The van der Waals surface area contributed by atoms with E-state index in [1.165, 1.54) is 7.11 Å². The molecule has 0 bridgehead atoms. The second-order valence-corrected chi connectivity index (χ2v) is 4.69. The van der Waals surface area contributed by atoms with E-state index in [1.807, 2.05) is 0 Å². The van der Waals surface area contributed by atoms with Gasteiger partial charge in [-0.05, 0) is 12.8 Å². The van der Waals surface area contributed by atoms with Crippen LogP contribution < -0.4 is 15.8 Å². The molecule has 0 atom stereocenters. The van der Waals surface area contributed by atoms with E-state index in [0.29, 0.717) is 26.1 Å². The number of hydrogen-bond acceptors (Lipinski definition) is 4. The summed E-state index contributed by atoms with van der Waals surface area (Å²) in [6, 6.07) is 1.74. The van der Waals surface area contributed by atoms with Crippen molar-refractivity contribution >= 4 is 11.6 Å². The number of amides is 1. The Balaban J connectivity index is 2.17. The molecule has 7 heteroatoms. The van der Waals surface area contributed by atoms with Gasteiger partial charge in [-0.1, -0.05) is 0 Å². The van der Waals surface area contributed by atoms with Gasteiger partial charge in [-0.2, -0.15) is 0 Å². The topological polar surface area (TPSA) is 73.6 Å². The first-order valence-corrected chi connectivity index (χ1v) is 6.17. The summed E-state index contributed by atoms with van der Waals surface area (Å²) in [6.07, 6.45) is 0.665. The molecule has 2 rings (SSSR count). The lowest BCUT2D eigenvalue weighted by molar-refractivity contribution is -0.124. The minimum Gasteiger partial charge on any atom is -0.494 e. The van der Waals surface area contributed by atoms with E-state index in [2.05, 4.69) is 10.1 Å². The van der Waals surface area contributed by atoms with E-state index in [4.69, 9.17) is 10.5 Å². The Labute approximate surface area is 115 Å². The minimum atomic E-state index is -1.12. The van der Waals surface area contributed by atoms with Crippen LogP contribution in [0.15, 0.2) is 12.1 Å². The molecule has 110 valence electrons. The quantitative estimate of drug-likeness (QED) is 0.881. The molecule has 1 fully saturated rings. The lowest BCUT2D eigenvalue weighted by Gasteiger charge is -2.31. The van der Waals surface area contributed by atoms with Gasteiger partial charge >= 0.3 is 0 Å². The van der Waals surface area contributed by atoms with Gasteiger partial charge < -0.3 is 20.5 Å². The van der Waals surface area contributed by atoms with Crippen LogP contribution in [0.25, 0.3) is 0 Å². The van der Waals surface area contributed by atoms with Gasteiger partial charge in [0.1, 0.15) is 5.54 Å². The molecular weight excluding hydrogens is 270 g/mol. The van der Waals surface area contributed by atoms with E-state index >= 15 is 0 Å². The summed E-state index contributed by atoms with van der Waals surface area (Å²) >= 11 is 0. The number of rotatable bonds is 3. The van der Waals surface area contributed by atoms with Gasteiger partial charge in [0.05, 0.1) is 12.8 Å². The van der Waals surface area contributed by atoms with Crippen LogP contribution in [0.2, 0.25) is 0 Å². The average Bonchev–Trinajstić information content (AvgIpc) is 2.43. The molecule has 0 saturated carbocycles. The van der Waals surface area contributed by atoms with Gasteiger partial charge in [0.25, 0.3) is 0 Å². The van der Waals surface area contributed by atoms with Crippen LogP contribution in [0.5, 0.6) is 5.75 Å². The molecule has 0 aliphatic carbocycles. The zero-order chi connectivity index (χ0) is 14.8. The highest BCUT2D eigenvalue weighted by molar-refractivity contribution is 5.98. The van der Waals surface area contributed by atoms with E-state index in [-0.39, 0.29) is 11.4 Å². The molecule has 1 aliphatic rings. The number of carbonyl (C=O) groups is 1. The fraction of sp³-hybridized carbons (Fsp3) is 0.462. The van der Waals surface area contributed by atoms with E-state index in [9.17, 15) is 13.6 Å². The van der Waals surface area contributed by atoms with Crippen molar-refractivity contribution in [1.82, 2.24) is 0 Å². The highest BCUT2D eigenvalue weighted by Gasteiger charge is 2.36. The van der Waals surface area contributed by atoms with Crippen molar-refractivity contribution in [3.8, 4) is 5.75 Å². The fourth-order valence-corrected chi connectivity index (χ4v) is 1.99. The normalized spacial score (nSPS) is 17.6. The van der Waals surface area contributed by atoms with Crippen LogP contribution in [0.4, 0.5) is 14.5 Å². The van der Waals surface area contributed by atoms with Crippen LogP contribution in [-0.4, -0.2) is 31.8 Å². The lowest BCUT2D eigenvalue weighted by atomic mass is 9.90. The van der Waals surface area contributed by atoms with Crippen molar-refractivity contribution in [1.29, 1.82) is 0 Å². The molecule has 1 aliphatic heterocycles. The number of methoxy groups -OCH3 is 1. The van der Waals surface area contributed by atoms with Crippen molar-refractivity contribution in [2.45, 2.75) is 18.4 Å². The predicted octanol–water partition coefficient (Wildman–Crippen LogP) is 1.42. The lowest BCUT2D eigenvalue weighted by Crippen LogP contribution is -2.54. The number of benzene rings is 1. The molecule has 20 heavy (non-hydrogen) atoms. The average molecular weight is 286 g/mol. The zero-order valence-corrected chi connectivity index (χ0v) is 11.0. The van der Waals surface area contributed by atoms with Gasteiger partial charge in [-0.25, -0.2) is 8.78 Å². The molecule has 1 heterocycles. The Morgan fingerprint density at radius 1 is 1.35 bits per heavy atom. The minimum absolute atomic E-state index is 0.228. The maximum atomic E-state index is 13.7. The summed E-state index contributed by atoms with van der Waals surface area (Å²) in [4.78, 5) is 12.1. The van der Waals surface area contributed by atoms with Crippen LogP contribution in [0, 0.1) is 11.6 Å². The summed E-state index contributed by atoms with van der Waals surface area (Å²) in [6.45, 7) is 0.729. The Morgan fingerprint density at radius 3 is 2.60 bits per heavy atom. The van der Waals surface area contributed by atoms with Crippen LogP contribution in [0.1, 0.15) is 12.8 Å². The third-order valence-corrected chi connectivity index (χ3v) is 3.33. The van der Waals surface area contributed by atoms with Gasteiger partial charge in [0.15, 0.2) is 17.4 Å². The van der Waals surface area contributed by atoms with Gasteiger partial charge in [0.2, 0.25) is 5.91 Å². The molecule has 3 N–H and O–H groups in total. The van der Waals surface area contributed by atoms with Gasteiger partial charge in [0, 0.05) is 25.3 Å². The number of anilines is 1. The number of halogens is 2. The van der Waals surface area contributed by atoms with Crippen molar-refractivity contribution in [2.75, 3.05) is 25.6 Å². The molecule has 0 radical (unpaired) electrons. The smallest absolute Gasteiger partial charge is 0.244 e. The maximum Gasteiger partial charge on any atom is 0.244 e. The molecule has 1 saturated heterocycles. The molecule has 0 aromatic heterocycles. The summed E-state index contributed by atoms with van der Waals surface area (Å²) in [5.41, 5.74) is 4.58. The van der Waals surface area contributed by atoms with Gasteiger partial charge in [-0.3, -0.25) is 4.79 Å². The highest BCUT2D eigenvalue weighted by atomic mass is 19.1. The number of hydrogen-bond donors (Lipinski definition) is 2. The van der Waals surface area contributed by atoms with Crippen LogP contribution in [0.3, 0.4) is 0 Å². The first kappa shape index (κ1) is 14.7. The Hall–Kier alpha value is -1.73. The molecule has 1 amide bonds. The van der Waals surface area contributed by atoms with Crippen LogP contribution in [-0.2, 0) is 9.53 Å². The Bertz CT molecular complexity index is 517. The monoisotopic (exact) mass is 286 g/mol. The van der Waals surface area contributed by atoms with E-state index in [0.717, 1.165) is 12.1 Å². The third kappa shape index (κ3) is 2.88. The first-order chi connectivity index (χ1) is 9.46.